The molecule has 0 radical (unpaired) electrons. The zero-order valence-electron chi connectivity index (χ0n) is 16.8. The van der Waals surface area contributed by atoms with E-state index in [0.29, 0.717) is 12.1 Å². The van der Waals surface area contributed by atoms with Crippen molar-refractivity contribution in [3.63, 3.8) is 0 Å². The molecule has 1 aliphatic carbocycles. The van der Waals surface area contributed by atoms with E-state index in [9.17, 15) is 4.79 Å². The molecule has 1 N–H and O–H groups in total. The van der Waals surface area contributed by atoms with E-state index < -0.39 is 0 Å². The Labute approximate surface area is 176 Å². The normalized spacial score (nSPS) is 13.1. The van der Waals surface area contributed by atoms with E-state index in [0.717, 1.165) is 24.3 Å². The largest absolute Gasteiger partial charge is 0.467 e. The number of aromatic nitrogens is 1. The molecule has 0 spiro atoms. The van der Waals surface area contributed by atoms with Crippen molar-refractivity contribution in [3.05, 3.63) is 102 Å². The Hall–Kier alpha value is -3.53. The lowest BCUT2D eigenvalue weighted by Gasteiger charge is -2.18. The third kappa shape index (κ3) is 3.57. The molecule has 0 unspecified atom stereocenters. The van der Waals surface area contributed by atoms with Gasteiger partial charge in [0.1, 0.15) is 5.76 Å². The maximum atomic E-state index is 12.5. The van der Waals surface area contributed by atoms with Gasteiger partial charge in [-0.2, -0.15) is 0 Å². The SMILES string of the molecule is O=C(NCc1ccco1)c1ccc(-n2c(-c3ccccc3)cc3c2CCCC3)cc1. The van der Waals surface area contributed by atoms with Gasteiger partial charge in [-0.25, -0.2) is 0 Å². The van der Waals surface area contributed by atoms with Gasteiger partial charge < -0.3 is 14.3 Å². The average Bonchev–Trinajstić information content (AvgIpc) is 3.46. The highest BCUT2D eigenvalue weighted by molar-refractivity contribution is 5.94. The highest BCUT2D eigenvalue weighted by atomic mass is 16.3. The molecule has 0 saturated heterocycles. The number of hydrogen-bond acceptors (Lipinski definition) is 2. The van der Waals surface area contributed by atoms with Gasteiger partial charge in [-0.1, -0.05) is 30.3 Å². The summed E-state index contributed by atoms with van der Waals surface area (Å²) in [4.78, 5) is 12.5. The first kappa shape index (κ1) is 18.5. The molecule has 2 aromatic carbocycles. The molecule has 2 heterocycles. The van der Waals surface area contributed by atoms with Crippen LogP contribution in [0.3, 0.4) is 0 Å². The number of fused-ring (bicyclic) bond motifs is 1. The van der Waals surface area contributed by atoms with Gasteiger partial charge in [0, 0.05) is 16.9 Å². The Bertz CT molecular complexity index is 1140. The Morgan fingerprint density at radius 1 is 0.933 bits per heavy atom. The lowest BCUT2D eigenvalue weighted by molar-refractivity contribution is 0.0948. The Balaban J connectivity index is 1.45. The summed E-state index contributed by atoms with van der Waals surface area (Å²) in [5, 5.41) is 2.90. The van der Waals surface area contributed by atoms with Crippen LogP contribution in [0.15, 0.2) is 83.5 Å². The molecule has 0 fully saturated rings. The lowest BCUT2D eigenvalue weighted by Crippen LogP contribution is -2.22. The number of carbonyl (C=O) groups excluding carboxylic acids is 1. The van der Waals surface area contributed by atoms with Crippen LogP contribution < -0.4 is 5.32 Å². The molecule has 30 heavy (non-hydrogen) atoms. The summed E-state index contributed by atoms with van der Waals surface area (Å²) < 4.78 is 7.65. The minimum atomic E-state index is -0.101. The van der Waals surface area contributed by atoms with Crippen molar-refractivity contribution in [2.75, 3.05) is 0 Å². The standard InChI is InChI=1S/C26H24N2O2/c29-26(27-18-23-10-6-16-30-23)20-12-14-22(15-13-20)28-24-11-5-4-9-21(24)17-25(28)19-7-2-1-3-8-19/h1-3,6-8,10,12-17H,4-5,9,11,18H2,(H,27,29). The lowest BCUT2D eigenvalue weighted by atomic mass is 9.98. The van der Waals surface area contributed by atoms with Gasteiger partial charge >= 0.3 is 0 Å². The number of amides is 1. The predicted octanol–water partition coefficient (Wildman–Crippen LogP) is 5.55. The number of furan rings is 1. The molecule has 0 bridgehead atoms. The number of carbonyl (C=O) groups is 1. The fourth-order valence-electron chi connectivity index (χ4n) is 4.26. The van der Waals surface area contributed by atoms with Gasteiger partial charge in [0.2, 0.25) is 0 Å². The van der Waals surface area contributed by atoms with E-state index in [2.05, 4.69) is 40.2 Å². The fourth-order valence-corrected chi connectivity index (χ4v) is 4.26. The van der Waals surface area contributed by atoms with Crippen molar-refractivity contribution in [2.45, 2.75) is 32.2 Å². The maximum absolute atomic E-state index is 12.5. The van der Waals surface area contributed by atoms with Gasteiger partial charge in [-0.3, -0.25) is 4.79 Å². The quantitative estimate of drug-likeness (QED) is 0.481. The molecule has 4 aromatic rings. The molecule has 5 rings (SSSR count). The number of hydrogen-bond donors (Lipinski definition) is 1. The van der Waals surface area contributed by atoms with Crippen LogP contribution in [-0.2, 0) is 19.4 Å². The van der Waals surface area contributed by atoms with Crippen LogP contribution in [0.25, 0.3) is 16.9 Å². The molecule has 1 aliphatic rings. The highest BCUT2D eigenvalue weighted by Gasteiger charge is 2.20. The fraction of sp³-hybridized carbons (Fsp3) is 0.192. The molecule has 0 atom stereocenters. The molecular formula is C26H24N2O2. The monoisotopic (exact) mass is 396 g/mol. The summed E-state index contributed by atoms with van der Waals surface area (Å²) in [6.45, 7) is 0.386. The minimum Gasteiger partial charge on any atom is -0.467 e. The summed E-state index contributed by atoms with van der Waals surface area (Å²) >= 11 is 0. The maximum Gasteiger partial charge on any atom is 0.251 e. The topological polar surface area (TPSA) is 47.2 Å². The first-order chi connectivity index (χ1) is 14.8. The first-order valence-corrected chi connectivity index (χ1v) is 10.5. The van der Waals surface area contributed by atoms with E-state index in [4.69, 9.17) is 4.42 Å². The van der Waals surface area contributed by atoms with E-state index in [-0.39, 0.29) is 5.91 Å². The van der Waals surface area contributed by atoms with Crippen molar-refractivity contribution >= 4 is 5.91 Å². The van der Waals surface area contributed by atoms with Crippen molar-refractivity contribution in [3.8, 4) is 16.9 Å². The molecular weight excluding hydrogens is 372 g/mol. The van der Waals surface area contributed by atoms with Crippen LogP contribution in [0.1, 0.15) is 40.2 Å². The Kier molecular flexibility index (Phi) is 4.98. The van der Waals surface area contributed by atoms with E-state index >= 15 is 0 Å². The number of aryl methyl sites for hydroxylation is 1. The molecule has 4 nitrogen and oxygen atoms in total. The van der Waals surface area contributed by atoms with Gasteiger partial charge in [-0.05, 0) is 79.3 Å². The Morgan fingerprint density at radius 2 is 1.73 bits per heavy atom. The first-order valence-electron chi connectivity index (χ1n) is 10.5. The van der Waals surface area contributed by atoms with Crippen molar-refractivity contribution in [1.29, 1.82) is 0 Å². The third-order valence-corrected chi connectivity index (χ3v) is 5.76. The second-order valence-corrected chi connectivity index (χ2v) is 7.72. The summed E-state index contributed by atoms with van der Waals surface area (Å²) in [7, 11) is 0. The van der Waals surface area contributed by atoms with E-state index in [1.807, 2.05) is 42.5 Å². The minimum absolute atomic E-state index is 0.101. The van der Waals surface area contributed by atoms with Gasteiger partial charge in [0.25, 0.3) is 5.91 Å². The zero-order valence-corrected chi connectivity index (χ0v) is 16.8. The van der Waals surface area contributed by atoms with Crippen LogP contribution in [0, 0.1) is 0 Å². The number of benzene rings is 2. The zero-order chi connectivity index (χ0) is 20.3. The predicted molar refractivity (Wildman–Crippen MR) is 118 cm³/mol. The smallest absolute Gasteiger partial charge is 0.251 e. The van der Waals surface area contributed by atoms with E-state index in [1.165, 1.54) is 35.4 Å². The van der Waals surface area contributed by atoms with Crippen LogP contribution >= 0.6 is 0 Å². The molecule has 0 saturated carbocycles. The highest BCUT2D eigenvalue weighted by Crippen LogP contribution is 2.33. The number of nitrogens with one attached hydrogen (secondary N) is 1. The summed E-state index contributed by atoms with van der Waals surface area (Å²) in [5.41, 5.74) is 7.02. The molecule has 150 valence electrons. The van der Waals surface area contributed by atoms with Crippen LogP contribution in [0.5, 0.6) is 0 Å². The van der Waals surface area contributed by atoms with E-state index in [1.54, 1.807) is 6.26 Å². The van der Waals surface area contributed by atoms with Crippen LogP contribution in [-0.4, -0.2) is 10.5 Å². The molecule has 2 aromatic heterocycles. The van der Waals surface area contributed by atoms with Gasteiger partial charge in [0.05, 0.1) is 18.5 Å². The number of rotatable bonds is 5. The van der Waals surface area contributed by atoms with Crippen molar-refractivity contribution < 1.29 is 9.21 Å². The van der Waals surface area contributed by atoms with Gasteiger partial charge in [0.15, 0.2) is 0 Å². The molecule has 1 amide bonds. The number of nitrogens with zero attached hydrogens (tertiary/aromatic N) is 1. The summed E-state index contributed by atoms with van der Waals surface area (Å²) in [5.74, 6) is 0.641. The van der Waals surface area contributed by atoms with Crippen LogP contribution in [0.4, 0.5) is 0 Å². The van der Waals surface area contributed by atoms with Crippen molar-refractivity contribution in [1.82, 2.24) is 9.88 Å². The van der Waals surface area contributed by atoms with Crippen molar-refractivity contribution in [2.24, 2.45) is 0 Å². The Morgan fingerprint density at radius 3 is 2.50 bits per heavy atom. The second-order valence-electron chi connectivity index (χ2n) is 7.72. The van der Waals surface area contributed by atoms with Crippen LogP contribution in [0.2, 0.25) is 0 Å². The average molecular weight is 396 g/mol. The third-order valence-electron chi connectivity index (χ3n) is 5.76. The molecule has 4 heteroatoms. The summed E-state index contributed by atoms with van der Waals surface area (Å²) in [6.07, 6.45) is 6.31. The van der Waals surface area contributed by atoms with Gasteiger partial charge in [-0.15, -0.1) is 0 Å². The second kappa shape index (κ2) is 8.07. The summed E-state index contributed by atoms with van der Waals surface area (Å²) in [6, 6.07) is 24.4. The molecule has 0 aliphatic heterocycles.